The number of hydrogen-bond acceptors (Lipinski definition) is 2. The number of aromatic nitrogens is 1. The van der Waals surface area contributed by atoms with E-state index in [1.807, 2.05) is 12.4 Å². The molecule has 3 rings (SSSR count). The van der Waals surface area contributed by atoms with Crippen LogP contribution in [0.1, 0.15) is 35.4 Å². The van der Waals surface area contributed by atoms with Crippen LogP contribution < -0.4 is 5.32 Å². The second-order valence-corrected chi connectivity index (χ2v) is 5.46. The van der Waals surface area contributed by atoms with E-state index in [1.54, 1.807) is 0 Å². The molecule has 1 aromatic carbocycles. The Bertz CT molecular complexity index is 530. The minimum atomic E-state index is 0.657. The van der Waals surface area contributed by atoms with E-state index in [1.165, 1.54) is 29.5 Å². The second-order valence-electron chi connectivity index (χ2n) is 5.46. The predicted molar refractivity (Wildman–Crippen MR) is 78.0 cm³/mol. The van der Waals surface area contributed by atoms with E-state index in [2.05, 4.69) is 53.6 Å². The molecule has 0 bridgehead atoms. The smallest absolute Gasteiger partial charge is 0.0315 e. The van der Waals surface area contributed by atoms with E-state index in [9.17, 15) is 0 Å². The first-order valence-corrected chi connectivity index (χ1v) is 7.01. The van der Waals surface area contributed by atoms with Crippen LogP contribution in [0.4, 0.5) is 0 Å². The summed E-state index contributed by atoms with van der Waals surface area (Å²) < 4.78 is 0. The highest BCUT2D eigenvalue weighted by atomic mass is 14.9. The highest BCUT2D eigenvalue weighted by Gasteiger charge is 2.29. The fraction of sp³-hybridized carbons (Fsp3) is 0.353. The summed E-state index contributed by atoms with van der Waals surface area (Å²) in [7, 11) is 0. The Balaban J connectivity index is 1.49. The van der Waals surface area contributed by atoms with Crippen molar-refractivity contribution in [2.45, 2.75) is 38.3 Å². The van der Waals surface area contributed by atoms with Crippen LogP contribution in [-0.4, -0.2) is 11.0 Å². The SMILES string of the molecule is Cc1ccncc1CNC1CC(c2ccccc2)C1. The first-order chi connectivity index (χ1) is 9.33. The van der Waals surface area contributed by atoms with E-state index >= 15 is 0 Å². The van der Waals surface area contributed by atoms with E-state index in [0.717, 1.165) is 12.5 Å². The third-order valence-corrected chi connectivity index (χ3v) is 4.14. The van der Waals surface area contributed by atoms with Crippen molar-refractivity contribution >= 4 is 0 Å². The lowest BCUT2D eigenvalue weighted by Crippen LogP contribution is -2.39. The Morgan fingerprint density at radius 3 is 2.68 bits per heavy atom. The van der Waals surface area contributed by atoms with Crippen molar-refractivity contribution < 1.29 is 0 Å². The molecule has 0 aliphatic heterocycles. The molecule has 0 saturated heterocycles. The van der Waals surface area contributed by atoms with Crippen molar-refractivity contribution in [3.8, 4) is 0 Å². The number of hydrogen-bond donors (Lipinski definition) is 1. The normalized spacial score (nSPS) is 21.9. The molecule has 0 amide bonds. The average molecular weight is 252 g/mol. The zero-order valence-electron chi connectivity index (χ0n) is 11.3. The lowest BCUT2D eigenvalue weighted by molar-refractivity contribution is 0.289. The predicted octanol–water partition coefficient (Wildman–Crippen LogP) is 3.43. The zero-order chi connectivity index (χ0) is 13.1. The summed E-state index contributed by atoms with van der Waals surface area (Å²) in [5, 5.41) is 3.64. The number of benzene rings is 1. The summed E-state index contributed by atoms with van der Waals surface area (Å²) in [6.07, 6.45) is 6.33. The Labute approximate surface area is 114 Å². The maximum atomic E-state index is 4.19. The first kappa shape index (κ1) is 12.4. The molecule has 2 nitrogen and oxygen atoms in total. The van der Waals surface area contributed by atoms with Crippen LogP contribution >= 0.6 is 0 Å². The minimum absolute atomic E-state index is 0.657. The third-order valence-electron chi connectivity index (χ3n) is 4.14. The molecule has 1 N–H and O–H groups in total. The molecule has 1 saturated carbocycles. The maximum absolute atomic E-state index is 4.19. The van der Waals surface area contributed by atoms with Gasteiger partial charge in [0.05, 0.1) is 0 Å². The summed E-state index contributed by atoms with van der Waals surface area (Å²) in [6, 6.07) is 13.6. The van der Waals surface area contributed by atoms with Gasteiger partial charge in [-0.15, -0.1) is 0 Å². The molecule has 1 aliphatic carbocycles. The molecule has 1 aliphatic rings. The van der Waals surface area contributed by atoms with Gasteiger partial charge in [-0.25, -0.2) is 0 Å². The summed E-state index contributed by atoms with van der Waals surface area (Å²) in [4.78, 5) is 4.19. The van der Waals surface area contributed by atoms with E-state index in [4.69, 9.17) is 0 Å². The fourth-order valence-corrected chi connectivity index (χ4v) is 2.72. The van der Waals surface area contributed by atoms with Crippen LogP contribution in [0.5, 0.6) is 0 Å². The highest BCUT2D eigenvalue weighted by Crippen LogP contribution is 2.36. The Kier molecular flexibility index (Phi) is 3.60. The molecular formula is C17H20N2. The van der Waals surface area contributed by atoms with Gasteiger partial charge < -0.3 is 5.32 Å². The minimum Gasteiger partial charge on any atom is -0.310 e. The van der Waals surface area contributed by atoms with Gasteiger partial charge in [0.2, 0.25) is 0 Å². The molecule has 2 aromatic rings. The van der Waals surface area contributed by atoms with Crippen molar-refractivity contribution in [3.05, 3.63) is 65.5 Å². The van der Waals surface area contributed by atoms with Gasteiger partial charge in [-0.2, -0.15) is 0 Å². The maximum Gasteiger partial charge on any atom is 0.0315 e. The Morgan fingerprint density at radius 2 is 1.95 bits per heavy atom. The van der Waals surface area contributed by atoms with E-state index < -0.39 is 0 Å². The second kappa shape index (κ2) is 5.54. The average Bonchev–Trinajstić information content (AvgIpc) is 2.40. The summed E-state index contributed by atoms with van der Waals surface area (Å²) >= 11 is 0. The lowest BCUT2D eigenvalue weighted by Gasteiger charge is -2.36. The van der Waals surface area contributed by atoms with Gasteiger partial charge >= 0.3 is 0 Å². The van der Waals surface area contributed by atoms with Crippen LogP contribution in [0, 0.1) is 6.92 Å². The molecule has 0 spiro atoms. The Hall–Kier alpha value is -1.67. The highest BCUT2D eigenvalue weighted by molar-refractivity contribution is 5.24. The number of nitrogens with one attached hydrogen (secondary N) is 1. The van der Waals surface area contributed by atoms with Crippen molar-refractivity contribution in [3.63, 3.8) is 0 Å². The quantitative estimate of drug-likeness (QED) is 0.901. The summed E-state index contributed by atoms with van der Waals surface area (Å²) in [5.41, 5.74) is 4.12. The number of nitrogens with zero attached hydrogens (tertiary/aromatic N) is 1. The van der Waals surface area contributed by atoms with Gasteiger partial charge in [0.25, 0.3) is 0 Å². The van der Waals surface area contributed by atoms with Gasteiger partial charge in [0.15, 0.2) is 0 Å². The van der Waals surface area contributed by atoms with Gasteiger partial charge in [-0.1, -0.05) is 30.3 Å². The molecule has 0 atom stereocenters. The van der Waals surface area contributed by atoms with E-state index in [-0.39, 0.29) is 0 Å². The molecule has 0 unspecified atom stereocenters. The van der Waals surface area contributed by atoms with Crippen molar-refractivity contribution in [1.82, 2.24) is 10.3 Å². The van der Waals surface area contributed by atoms with Crippen LogP contribution in [0.2, 0.25) is 0 Å². The molecule has 19 heavy (non-hydrogen) atoms. The first-order valence-electron chi connectivity index (χ1n) is 7.01. The molecule has 1 fully saturated rings. The molecule has 1 heterocycles. The Morgan fingerprint density at radius 1 is 1.16 bits per heavy atom. The fourth-order valence-electron chi connectivity index (χ4n) is 2.72. The third kappa shape index (κ3) is 2.85. The van der Waals surface area contributed by atoms with Crippen molar-refractivity contribution in [2.24, 2.45) is 0 Å². The van der Waals surface area contributed by atoms with E-state index in [0.29, 0.717) is 6.04 Å². The zero-order valence-corrected chi connectivity index (χ0v) is 11.3. The topological polar surface area (TPSA) is 24.9 Å². The molecular weight excluding hydrogens is 232 g/mol. The molecule has 0 radical (unpaired) electrons. The largest absolute Gasteiger partial charge is 0.310 e. The van der Waals surface area contributed by atoms with Gasteiger partial charge in [0, 0.05) is 25.0 Å². The number of pyridine rings is 1. The van der Waals surface area contributed by atoms with Crippen LogP contribution in [-0.2, 0) is 6.54 Å². The number of aryl methyl sites for hydroxylation is 1. The van der Waals surface area contributed by atoms with Gasteiger partial charge in [0.1, 0.15) is 0 Å². The van der Waals surface area contributed by atoms with Crippen molar-refractivity contribution in [2.75, 3.05) is 0 Å². The van der Waals surface area contributed by atoms with Crippen LogP contribution in [0.25, 0.3) is 0 Å². The number of rotatable bonds is 4. The monoisotopic (exact) mass is 252 g/mol. The molecule has 1 aromatic heterocycles. The summed E-state index contributed by atoms with van der Waals surface area (Å²) in [6.45, 7) is 3.08. The van der Waals surface area contributed by atoms with Crippen molar-refractivity contribution in [1.29, 1.82) is 0 Å². The van der Waals surface area contributed by atoms with Crippen LogP contribution in [0.15, 0.2) is 48.8 Å². The standard InChI is InChI=1S/C17H20N2/c1-13-7-8-18-11-16(13)12-19-17-9-15(10-17)14-5-3-2-4-6-14/h2-8,11,15,17,19H,9-10,12H2,1H3. The molecule has 98 valence electrons. The van der Waals surface area contributed by atoms with Gasteiger partial charge in [-0.3, -0.25) is 4.98 Å². The lowest BCUT2D eigenvalue weighted by atomic mass is 9.76. The van der Waals surface area contributed by atoms with Gasteiger partial charge in [-0.05, 0) is 48.4 Å². The molecule has 2 heteroatoms. The van der Waals surface area contributed by atoms with Crippen LogP contribution in [0.3, 0.4) is 0 Å². The summed E-state index contributed by atoms with van der Waals surface area (Å²) in [5.74, 6) is 0.744.